The normalized spacial score (nSPS) is 31.2. The molecule has 4 amide bonds. The molecule has 8 nitrogen and oxygen atoms in total. The second-order valence-corrected chi connectivity index (χ2v) is 13.6. The molecule has 6 rings (SSSR count). The molecule has 2 heterocycles. The van der Waals surface area contributed by atoms with Crippen LogP contribution in [0.3, 0.4) is 0 Å². The van der Waals surface area contributed by atoms with Crippen molar-refractivity contribution in [3.05, 3.63) is 64.1 Å². The van der Waals surface area contributed by atoms with Crippen molar-refractivity contribution in [3.8, 4) is 11.5 Å². The highest BCUT2D eigenvalue weighted by Gasteiger charge is 2.68. The van der Waals surface area contributed by atoms with Crippen LogP contribution in [0.25, 0.3) is 0 Å². The van der Waals surface area contributed by atoms with E-state index in [1.807, 2.05) is 39.8 Å². The van der Waals surface area contributed by atoms with Crippen molar-refractivity contribution < 1.29 is 29.0 Å². The minimum absolute atomic E-state index is 0.0693. The van der Waals surface area contributed by atoms with Gasteiger partial charge < -0.3 is 9.84 Å². The number of rotatable bonds is 3. The van der Waals surface area contributed by atoms with Gasteiger partial charge in [0.1, 0.15) is 0 Å². The number of aromatic hydroxyl groups is 1. The maximum Gasteiger partial charge on any atom is 0.241 e. The van der Waals surface area contributed by atoms with Crippen molar-refractivity contribution >= 4 is 45.2 Å². The first-order valence-electron chi connectivity index (χ1n) is 13.9. The number of anilines is 1. The van der Waals surface area contributed by atoms with Gasteiger partial charge in [-0.05, 0) is 92.2 Å². The molecule has 2 aliphatic heterocycles. The number of imide groups is 2. The number of phenols is 1. The van der Waals surface area contributed by atoms with E-state index in [0.717, 1.165) is 5.57 Å². The van der Waals surface area contributed by atoms with Gasteiger partial charge in [-0.2, -0.15) is 0 Å². The van der Waals surface area contributed by atoms with Crippen molar-refractivity contribution in [2.24, 2.45) is 29.1 Å². The molecule has 2 aromatic carbocycles. The first-order valence-corrected chi connectivity index (χ1v) is 14.7. The molecule has 0 unspecified atom stereocenters. The zero-order valence-electron chi connectivity index (χ0n) is 23.7. The van der Waals surface area contributed by atoms with Crippen LogP contribution in [0.5, 0.6) is 11.5 Å². The number of halogens is 1. The van der Waals surface area contributed by atoms with Crippen molar-refractivity contribution in [1.82, 2.24) is 4.90 Å². The lowest BCUT2D eigenvalue weighted by Gasteiger charge is -2.49. The number of hydrogen-bond donors (Lipinski definition) is 1. The van der Waals surface area contributed by atoms with Gasteiger partial charge in [0.15, 0.2) is 11.5 Å². The van der Waals surface area contributed by atoms with Crippen LogP contribution in [-0.2, 0) is 19.2 Å². The smallest absolute Gasteiger partial charge is 0.241 e. The monoisotopic (exact) mass is 620 g/mol. The summed E-state index contributed by atoms with van der Waals surface area (Å²) in [4.78, 5) is 58.7. The van der Waals surface area contributed by atoms with E-state index in [0.29, 0.717) is 28.6 Å². The van der Waals surface area contributed by atoms with Crippen molar-refractivity contribution in [1.29, 1.82) is 0 Å². The van der Waals surface area contributed by atoms with Gasteiger partial charge in [0, 0.05) is 11.5 Å². The standard InChI is InChI=1S/C32H33BrN2O6/c1-31(2,3)35-27(37)19-12-11-18-20(24(19)29(35)39)15-21-28(38)34(17-9-7-6-8-10-17)30(40)32(21,4)25(18)16-13-22(33)26(36)23(14-16)41-5/h6-11,13-14,19-21,24-25,36H,12,15H2,1-5H3/t19-,20+,21-,24-,25-,32+/m0/s1. The maximum absolute atomic E-state index is 14.4. The quantitative estimate of drug-likeness (QED) is 0.374. The Bertz CT molecular complexity index is 1530. The zero-order chi connectivity index (χ0) is 29.6. The average molecular weight is 622 g/mol. The SMILES string of the molecule is COc1cc([C@H]2C3=CC[C@@H]4C(=O)N(C(C)(C)C)C(=O)[C@@H]4[C@@H]3C[C@H]3C(=O)N(c4ccccc4)C(=O)[C@@]23C)cc(Br)c1O. The summed E-state index contributed by atoms with van der Waals surface area (Å²) in [5.74, 6) is -3.65. The molecule has 2 saturated heterocycles. The number of fused-ring (bicyclic) bond motifs is 4. The van der Waals surface area contributed by atoms with Gasteiger partial charge in [0.2, 0.25) is 23.6 Å². The Labute approximate surface area is 247 Å². The number of likely N-dealkylation sites (tertiary alicyclic amines) is 1. The second-order valence-electron chi connectivity index (χ2n) is 12.7. The van der Waals surface area contributed by atoms with E-state index < -0.39 is 40.5 Å². The predicted octanol–water partition coefficient (Wildman–Crippen LogP) is 5.19. The number of para-hydroxylation sites is 1. The third-order valence-corrected chi connectivity index (χ3v) is 10.2. The fourth-order valence-electron chi connectivity index (χ4n) is 7.80. The summed E-state index contributed by atoms with van der Waals surface area (Å²) in [7, 11) is 1.45. The van der Waals surface area contributed by atoms with Crippen LogP contribution in [-0.4, -0.2) is 46.3 Å². The molecule has 2 aromatic rings. The number of hydrogen-bond acceptors (Lipinski definition) is 6. The number of amides is 4. The minimum Gasteiger partial charge on any atom is -0.503 e. The Morgan fingerprint density at radius 3 is 2.32 bits per heavy atom. The number of benzene rings is 2. The highest BCUT2D eigenvalue weighted by molar-refractivity contribution is 9.10. The minimum atomic E-state index is -1.17. The predicted molar refractivity (Wildman–Crippen MR) is 155 cm³/mol. The molecule has 0 radical (unpaired) electrons. The van der Waals surface area contributed by atoms with Crippen LogP contribution >= 0.6 is 15.9 Å². The Balaban J connectivity index is 1.55. The second kappa shape index (κ2) is 9.28. The maximum atomic E-state index is 14.4. The van der Waals surface area contributed by atoms with E-state index >= 15 is 0 Å². The van der Waals surface area contributed by atoms with Gasteiger partial charge in [-0.1, -0.05) is 29.8 Å². The number of phenolic OH excluding ortho intramolecular Hbond substituents is 1. The van der Waals surface area contributed by atoms with Gasteiger partial charge >= 0.3 is 0 Å². The average Bonchev–Trinajstić information content (AvgIpc) is 3.30. The molecular weight excluding hydrogens is 588 g/mol. The first kappa shape index (κ1) is 27.7. The highest BCUT2D eigenvalue weighted by atomic mass is 79.9. The number of carbonyl (C=O) groups excluding carboxylic acids is 4. The number of nitrogens with zero attached hydrogens (tertiary/aromatic N) is 2. The van der Waals surface area contributed by atoms with E-state index in [9.17, 15) is 24.3 Å². The van der Waals surface area contributed by atoms with Crippen LogP contribution in [0.1, 0.15) is 52.0 Å². The number of allylic oxidation sites excluding steroid dienone is 2. The molecule has 0 spiro atoms. The van der Waals surface area contributed by atoms with Crippen molar-refractivity contribution in [3.63, 3.8) is 0 Å². The number of ether oxygens (including phenoxy) is 1. The molecule has 2 aliphatic carbocycles. The van der Waals surface area contributed by atoms with E-state index in [1.54, 1.807) is 36.4 Å². The van der Waals surface area contributed by atoms with E-state index in [4.69, 9.17) is 4.74 Å². The Morgan fingerprint density at radius 1 is 1.00 bits per heavy atom. The van der Waals surface area contributed by atoms with Crippen LogP contribution < -0.4 is 9.64 Å². The van der Waals surface area contributed by atoms with Gasteiger partial charge in [-0.3, -0.25) is 24.1 Å². The Kier molecular flexibility index (Phi) is 6.27. The molecule has 214 valence electrons. The van der Waals surface area contributed by atoms with Gasteiger partial charge in [0.05, 0.1) is 40.4 Å². The van der Waals surface area contributed by atoms with Gasteiger partial charge in [-0.15, -0.1) is 0 Å². The molecule has 3 fully saturated rings. The molecule has 41 heavy (non-hydrogen) atoms. The molecule has 6 atom stereocenters. The summed E-state index contributed by atoms with van der Waals surface area (Å²) in [5, 5.41) is 10.6. The largest absolute Gasteiger partial charge is 0.503 e. The highest BCUT2D eigenvalue weighted by Crippen LogP contribution is 2.64. The summed E-state index contributed by atoms with van der Waals surface area (Å²) < 4.78 is 5.86. The van der Waals surface area contributed by atoms with Crippen molar-refractivity contribution in [2.75, 3.05) is 12.0 Å². The summed E-state index contributed by atoms with van der Waals surface area (Å²) in [6.07, 6.45) is 2.69. The van der Waals surface area contributed by atoms with Gasteiger partial charge in [0.25, 0.3) is 0 Å². The lowest BCUT2D eigenvalue weighted by molar-refractivity contribution is -0.145. The molecular formula is C32H33BrN2O6. The number of carbonyl (C=O) groups is 4. The van der Waals surface area contributed by atoms with Crippen LogP contribution in [0.4, 0.5) is 5.69 Å². The van der Waals surface area contributed by atoms with Crippen molar-refractivity contribution in [2.45, 2.75) is 52.0 Å². The third kappa shape index (κ3) is 3.77. The van der Waals surface area contributed by atoms with Crippen LogP contribution in [0.15, 0.2) is 58.6 Å². The van der Waals surface area contributed by atoms with Gasteiger partial charge in [-0.25, -0.2) is 4.90 Å². The first-order chi connectivity index (χ1) is 19.3. The van der Waals surface area contributed by atoms with E-state index in [2.05, 4.69) is 15.9 Å². The van der Waals surface area contributed by atoms with Crippen LogP contribution in [0, 0.1) is 29.1 Å². The zero-order valence-corrected chi connectivity index (χ0v) is 25.3. The lowest BCUT2D eigenvalue weighted by Crippen LogP contribution is -2.49. The molecule has 0 aromatic heterocycles. The van der Waals surface area contributed by atoms with E-state index in [1.165, 1.54) is 16.9 Å². The summed E-state index contributed by atoms with van der Waals surface area (Å²) >= 11 is 3.43. The molecule has 4 aliphatic rings. The molecule has 1 saturated carbocycles. The molecule has 1 N–H and O–H groups in total. The molecule has 0 bridgehead atoms. The summed E-state index contributed by atoms with van der Waals surface area (Å²) in [6, 6.07) is 12.4. The fraction of sp³-hybridized carbons (Fsp3) is 0.438. The van der Waals surface area contributed by atoms with Crippen LogP contribution in [0.2, 0.25) is 0 Å². The topological polar surface area (TPSA) is 104 Å². The molecule has 9 heteroatoms. The Hall–Kier alpha value is -3.46. The lowest BCUT2D eigenvalue weighted by atomic mass is 9.51. The number of methoxy groups -OCH3 is 1. The van der Waals surface area contributed by atoms with E-state index in [-0.39, 0.29) is 35.1 Å². The summed E-state index contributed by atoms with van der Waals surface area (Å²) in [6.45, 7) is 7.40. The third-order valence-electron chi connectivity index (χ3n) is 9.56. The summed E-state index contributed by atoms with van der Waals surface area (Å²) in [5.41, 5.74) is 0.236. The fourth-order valence-corrected chi connectivity index (χ4v) is 8.26. The Morgan fingerprint density at radius 2 is 1.68 bits per heavy atom.